The van der Waals surface area contributed by atoms with Crippen molar-refractivity contribution in [2.24, 2.45) is 4.36 Å². The summed E-state index contributed by atoms with van der Waals surface area (Å²) < 4.78 is 25.7. The summed E-state index contributed by atoms with van der Waals surface area (Å²) in [5, 5.41) is 12.3. The fourth-order valence-corrected chi connectivity index (χ4v) is 4.77. The first-order chi connectivity index (χ1) is 15.6. The summed E-state index contributed by atoms with van der Waals surface area (Å²) >= 11 is 1.56. The lowest BCUT2D eigenvalue weighted by Gasteiger charge is -2.07. The van der Waals surface area contributed by atoms with E-state index in [0.717, 1.165) is 26.3 Å². The minimum atomic E-state index is -2.46. The molecule has 0 fully saturated rings. The molecule has 0 radical (unpaired) electrons. The van der Waals surface area contributed by atoms with Crippen LogP contribution < -0.4 is 0 Å². The van der Waals surface area contributed by atoms with Crippen LogP contribution in [-0.2, 0) is 16.9 Å². The van der Waals surface area contributed by atoms with E-state index in [-0.39, 0.29) is 0 Å². The molecule has 0 aliphatic heterocycles. The van der Waals surface area contributed by atoms with Crippen LogP contribution in [0.1, 0.15) is 16.1 Å². The van der Waals surface area contributed by atoms with Crippen LogP contribution >= 0.6 is 11.3 Å². The highest BCUT2D eigenvalue weighted by Crippen LogP contribution is 2.29. The van der Waals surface area contributed by atoms with Gasteiger partial charge in [0.15, 0.2) is 0 Å². The second-order valence-electron chi connectivity index (χ2n) is 7.13. The number of rotatable bonds is 3. The monoisotopic (exact) mass is 454 g/mol. The molecule has 154 valence electrons. The van der Waals surface area contributed by atoms with E-state index in [9.17, 15) is 8.42 Å². The summed E-state index contributed by atoms with van der Waals surface area (Å²) in [5.41, 5.74) is 5.13. The molecule has 0 N–H and O–H groups in total. The van der Waals surface area contributed by atoms with Gasteiger partial charge in [-0.2, -0.15) is 13.7 Å². The van der Waals surface area contributed by atoms with E-state index >= 15 is 0 Å². The molecule has 0 atom stereocenters. The van der Waals surface area contributed by atoms with Crippen molar-refractivity contribution in [1.82, 2.24) is 9.97 Å². The zero-order valence-electron chi connectivity index (χ0n) is 16.6. The Balaban J connectivity index is 0.000000177. The number of nitrogens with zero attached hydrogens (tertiary/aromatic N) is 4. The molecular formula is C24H14N4O2S2. The van der Waals surface area contributed by atoms with Gasteiger partial charge in [0.25, 0.3) is 0 Å². The quantitative estimate of drug-likeness (QED) is 0.341. The smallest absolute Gasteiger partial charge is 0.247 e. The Bertz CT molecular complexity index is 1670. The Kier molecular flexibility index (Phi) is 5.19. The maximum atomic E-state index is 10.6. The van der Waals surface area contributed by atoms with Crippen molar-refractivity contribution in [3.05, 3.63) is 88.9 Å². The third-order valence-corrected chi connectivity index (χ3v) is 6.43. The van der Waals surface area contributed by atoms with Gasteiger partial charge in [-0.25, -0.2) is 9.97 Å². The van der Waals surface area contributed by atoms with Crippen molar-refractivity contribution < 1.29 is 8.42 Å². The Hall–Kier alpha value is -3.93. The molecule has 7 rings (SSSR count). The number of fused-ring (bicyclic) bond motifs is 2. The van der Waals surface area contributed by atoms with E-state index in [1.54, 1.807) is 35.6 Å². The first-order valence-electron chi connectivity index (χ1n) is 9.69. The molecule has 6 nitrogen and oxygen atoms in total. The van der Waals surface area contributed by atoms with Crippen LogP contribution in [0, 0.1) is 11.3 Å². The number of aromatic nitrogens is 2. The maximum Gasteiger partial charge on any atom is 0.316 e. The topological polar surface area (TPSA) is 96.1 Å². The van der Waals surface area contributed by atoms with Crippen molar-refractivity contribution in [3.8, 4) is 6.07 Å². The number of nitriles is 1. The first-order valence-corrected chi connectivity index (χ1v) is 11.5. The second-order valence-corrected chi connectivity index (χ2v) is 8.86. The van der Waals surface area contributed by atoms with Gasteiger partial charge in [-0.1, -0.05) is 36.4 Å². The van der Waals surface area contributed by atoms with E-state index < -0.39 is 10.5 Å². The molecule has 3 heterocycles. The van der Waals surface area contributed by atoms with Crippen molar-refractivity contribution in [1.29, 1.82) is 5.26 Å². The van der Waals surface area contributed by atoms with E-state index in [1.165, 1.54) is 16.3 Å². The van der Waals surface area contributed by atoms with Crippen LogP contribution in [0.5, 0.6) is 0 Å². The fourth-order valence-electron chi connectivity index (χ4n) is 3.50. The number of hydrogen-bond donors (Lipinski definition) is 0. The van der Waals surface area contributed by atoms with E-state index in [1.807, 2.05) is 18.2 Å². The zero-order valence-corrected chi connectivity index (χ0v) is 18.2. The fraction of sp³-hybridized carbons (Fsp3) is 0.0417. The minimum absolute atomic E-state index is 0.371. The third-order valence-electron chi connectivity index (χ3n) is 5.03. The van der Waals surface area contributed by atoms with Gasteiger partial charge in [-0.3, -0.25) is 0 Å². The van der Waals surface area contributed by atoms with Crippen molar-refractivity contribution in [3.63, 3.8) is 0 Å². The lowest BCUT2D eigenvalue weighted by atomic mass is 10.1. The Labute approximate surface area is 188 Å². The molecule has 0 aliphatic rings. The normalized spacial score (nSPS) is 10.8. The molecule has 4 aromatic carbocycles. The lowest BCUT2D eigenvalue weighted by molar-refractivity contribution is 0.622. The molecule has 8 heteroatoms. The predicted molar refractivity (Wildman–Crippen MR) is 126 cm³/mol. The van der Waals surface area contributed by atoms with Gasteiger partial charge in [0, 0.05) is 17.2 Å². The SMILES string of the molecule is N#Cc1ccc(Cc2nc3cc(N=S(=O)=O)ccc3s2)cc1.c1cc2ccc3c(c1)c2N=3. The third kappa shape index (κ3) is 3.99. The van der Waals surface area contributed by atoms with Crippen molar-refractivity contribution in [2.45, 2.75) is 6.42 Å². The van der Waals surface area contributed by atoms with Gasteiger partial charge < -0.3 is 0 Å². The standard InChI is InChI=1S/C15H9N3O2S2.C9H5N/c16-9-11-3-1-10(2-4-11)7-15-17-13-8-12(18-22(19)20)5-6-14(13)21-15;1-2-6-4-5-8-7(3-1)9(6)10-8/h1-6,8H,7H2;1-5H. The summed E-state index contributed by atoms with van der Waals surface area (Å²) in [4.78, 5) is 8.81. The average Bonchev–Trinajstić information content (AvgIpc) is 3.18. The number of hydrogen-bond acceptors (Lipinski definition) is 7. The Morgan fingerprint density at radius 2 is 1.78 bits per heavy atom. The molecule has 0 amide bonds. The molecule has 0 aliphatic carbocycles. The summed E-state index contributed by atoms with van der Waals surface area (Å²) in [6, 6.07) is 25.1. The van der Waals surface area contributed by atoms with Gasteiger partial charge in [-0.15, -0.1) is 15.7 Å². The molecule has 32 heavy (non-hydrogen) atoms. The second kappa shape index (κ2) is 8.30. The van der Waals surface area contributed by atoms with Gasteiger partial charge in [0.1, 0.15) is 0 Å². The lowest BCUT2D eigenvalue weighted by Crippen LogP contribution is -1.89. The molecule has 0 unspecified atom stereocenters. The summed E-state index contributed by atoms with van der Waals surface area (Å²) in [7, 11) is -2.46. The number of benzene rings is 4. The summed E-state index contributed by atoms with van der Waals surface area (Å²) in [6.07, 6.45) is 0.672. The molecule has 4 bridgehead atoms. The van der Waals surface area contributed by atoms with Gasteiger partial charge in [-0.05, 0) is 42.0 Å². The molecule has 0 saturated heterocycles. The largest absolute Gasteiger partial charge is 0.316 e. The van der Waals surface area contributed by atoms with Gasteiger partial charge in [0.05, 0.1) is 43.6 Å². The van der Waals surface area contributed by atoms with Crippen molar-refractivity contribution >= 4 is 59.5 Å². The number of thiazole rings is 1. The Morgan fingerprint density at radius 1 is 0.938 bits per heavy atom. The van der Waals surface area contributed by atoms with E-state index in [2.05, 4.69) is 50.7 Å². The van der Waals surface area contributed by atoms with Crippen LogP contribution in [0.4, 0.5) is 5.69 Å². The van der Waals surface area contributed by atoms with Gasteiger partial charge >= 0.3 is 10.5 Å². The molecule has 7 aromatic rings. The summed E-state index contributed by atoms with van der Waals surface area (Å²) in [5.74, 6) is 0. The van der Waals surface area contributed by atoms with Crippen LogP contribution in [0.25, 0.3) is 32.0 Å². The van der Waals surface area contributed by atoms with Crippen LogP contribution in [0.2, 0.25) is 0 Å². The van der Waals surface area contributed by atoms with Crippen LogP contribution in [0.15, 0.2) is 77.2 Å². The number of pyridine rings is 1. The molecule has 0 saturated carbocycles. The Morgan fingerprint density at radius 3 is 2.47 bits per heavy atom. The molecule has 0 spiro atoms. The van der Waals surface area contributed by atoms with Crippen molar-refractivity contribution in [2.75, 3.05) is 0 Å². The number of para-hydroxylation sites is 1. The average molecular weight is 455 g/mol. The van der Waals surface area contributed by atoms with Gasteiger partial charge in [0.2, 0.25) is 0 Å². The molecule has 3 aromatic heterocycles. The maximum absolute atomic E-state index is 10.6. The van der Waals surface area contributed by atoms with Crippen LogP contribution in [0.3, 0.4) is 0 Å². The van der Waals surface area contributed by atoms with E-state index in [4.69, 9.17) is 5.26 Å². The predicted octanol–water partition coefficient (Wildman–Crippen LogP) is 5.72. The highest BCUT2D eigenvalue weighted by atomic mass is 32.2. The van der Waals surface area contributed by atoms with E-state index in [0.29, 0.717) is 17.7 Å². The first kappa shape index (κ1) is 20.0. The van der Waals surface area contributed by atoms with Crippen LogP contribution in [-0.4, -0.2) is 18.4 Å². The highest BCUT2D eigenvalue weighted by Gasteiger charge is 2.07. The molecular weight excluding hydrogens is 440 g/mol. The zero-order chi connectivity index (χ0) is 22.1. The summed E-state index contributed by atoms with van der Waals surface area (Å²) in [6.45, 7) is 0. The highest BCUT2D eigenvalue weighted by molar-refractivity contribution is 7.61. The minimum Gasteiger partial charge on any atom is -0.247 e.